The Balaban J connectivity index is 1.29. The molecular weight excluding hydrogens is 418 g/mol. The van der Waals surface area contributed by atoms with Gasteiger partial charge in [0.15, 0.2) is 18.1 Å². The maximum Gasteiger partial charge on any atom is 0.260 e. The zero-order valence-electron chi connectivity index (χ0n) is 18.7. The molecular formula is C27H25NO5. The van der Waals surface area contributed by atoms with Crippen molar-refractivity contribution in [2.75, 3.05) is 27.4 Å². The van der Waals surface area contributed by atoms with Gasteiger partial charge in [0.05, 0.1) is 20.5 Å². The zero-order valence-corrected chi connectivity index (χ0v) is 18.7. The third-order valence-electron chi connectivity index (χ3n) is 6.06. The van der Waals surface area contributed by atoms with Crippen LogP contribution in [-0.4, -0.2) is 38.2 Å². The van der Waals surface area contributed by atoms with E-state index < -0.39 is 0 Å². The Kier molecular flexibility index (Phi) is 5.65. The number of rotatable bonds is 6. The maximum absolute atomic E-state index is 12.9. The van der Waals surface area contributed by atoms with Crippen molar-refractivity contribution in [1.82, 2.24) is 4.90 Å². The van der Waals surface area contributed by atoms with Crippen LogP contribution >= 0.6 is 0 Å². The minimum Gasteiger partial charge on any atom is -0.493 e. The highest BCUT2D eigenvalue weighted by molar-refractivity contribution is 5.94. The molecule has 2 heterocycles. The van der Waals surface area contributed by atoms with Gasteiger partial charge in [0.25, 0.3) is 5.91 Å². The van der Waals surface area contributed by atoms with Crippen LogP contribution in [0.3, 0.4) is 0 Å². The van der Waals surface area contributed by atoms with Crippen molar-refractivity contribution < 1.29 is 23.4 Å². The summed E-state index contributed by atoms with van der Waals surface area (Å²) in [6, 6.07) is 19.6. The van der Waals surface area contributed by atoms with Gasteiger partial charge in [-0.05, 0) is 53.4 Å². The number of amides is 1. The summed E-state index contributed by atoms with van der Waals surface area (Å²) in [5.41, 5.74) is 5.10. The lowest BCUT2D eigenvalue weighted by Gasteiger charge is -2.29. The zero-order chi connectivity index (χ0) is 22.8. The normalized spacial score (nSPS) is 13.0. The highest BCUT2D eigenvalue weighted by Gasteiger charge is 2.23. The minimum absolute atomic E-state index is 0.0212. The molecule has 6 heteroatoms. The Hall–Kier alpha value is -3.93. The fourth-order valence-electron chi connectivity index (χ4n) is 4.27. The molecule has 0 saturated heterocycles. The van der Waals surface area contributed by atoms with Crippen LogP contribution in [0.2, 0.25) is 0 Å². The summed E-state index contributed by atoms with van der Waals surface area (Å²) in [4.78, 5) is 14.7. The number of carbonyl (C=O) groups excluding carboxylic acids is 1. The van der Waals surface area contributed by atoms with Gasteiger partial charge in [0.2, 0.25) is 0 Å². The standard InChI is InChI=1S/C27H25NO5/c1-30-25-12-19-10-11-28(15-20(19)13-26(25)31-2)27(29)17-32-21-8-9-24-22(14-21)23(16-33-24)18-6-4-3-5-7-18/h3-9,12-14,16H,10-11,15,17H2,1-2H3. The summed E-state index contributed by atoms with van der Waals surface area (Å²) in [6.45, 7) is 1.15. The molecule has 1 aliphatic heterocycles. The molecule has 5 rings (SSSR count). The number of benzene rings is 3. The van der Waals surface area contributed by atoms with Gasteiger partial charge in [-0.15, -0.1) is 0 Å². The molecule has 0 bridgehead atoms. The van der Waals surface area contributed by atoms with Crippen molar-refractivity contribution in [3.8, 4) is 28.4 Å². The summed E-state index contributed by atoms with van der Waals surface area (Å²) in [5, 5.41) is 0.957. The van der Waals surface area contributed by atoms with E-state index in [1.54, 1.807) is 20.5 Å². The van der Waals surface area contributed by atoms with Gasteiger partial charge >= 0.3 is 0 Å². The van der Waals surface area contributed by atoms with Gasteiger partial charge in [0, 0.05) is 24.0 Å². The van der Waals surface area contributed by atoms with Crippen molar-refractivity contribution in [2.24, 2.45) is 0 Å². The molecule has 0 N–H and O–H groups in total. The molecule has 1 amide bonds. The van der Waals surface area contributed by atoms with Crippen LogP contribution in [0.1, 0.15) is 11.1 Å². The van der Waals surface area contributed by atoms with Crippen molar-refractivity contribution in [3.05, 3.63) is 78.1 Å². The molecule has 0 spiro atoms. The Morgan fingerprint density at radius 2 is 1.73 bits per heavy atom. The van der Waals surface area contributed by atoms with Crippen LogP contribution in [-0.2, 0) is 17.8 Å². The third-order valence-corrected chi connectivity index (χ3v) is 6.06. The van der Waals surface area contributed by atoms with Gasteiger partial charge in [0.1, 0.15) is 11.3 Å². The third kappa shape index (κ3) is 4.12. The molecule has 3 aromatic carbocycles. The van der Waals surface area contributed by atoms with Gasteiger partial charge < -0.3 is 23.5 Å². The molecule has 4 aromatic rings. The summed E-state index contributed by atoms with van der Waals surface area (Å²) >= 11 is 0. The molecule has 1 aliphatic rings. The molecule has 0 atom stereocenters. The minimum atomic E-state index is -0.0500. The van der Waals surface area contributed by atoms with Gasteiger partial charge in [-0.1, -0.05) is 30.3 Å². The fraction of sp³-hybridized carbons (Fsp3) is 0.222. The van der Waals surface area contributed by atoms with E-state index in [1.807, 2.05) is 65.6 Å². The van der Waals surface area contributed by atoms with Crippen LogP contribution in [0.4, 0.5) is 0 Å². The number of fused-ring (bicyclic) bond motifs is 2. The monoisotopic (exact) mass is 443 g/mol. The number of methoxy groups -OCH3 is 2. The molecule has 0 radical (unpaired) electrons. The molecule has 0 aliphatic carbocycles. The van der Waals surface area contributed by atoms with Crippen LogP contribution in [0.15, 0.2) is 71.3 Å². The molecule has 1 aromatic heterocycles. The maximum atomic E-state index is 12.9. The van der Waals surface area contributed by atoms with E-state index in [4.69, 9.17) is 18.6 Å². The number of carbonyl (C=O) groups is 1. The van der Waals surface area contributed by atoms with E-state index in [9.17, 15) is 4.79 Å². The van der Waals surface area contributed by atoms with Gasteiger partial charge in [-0.25, -0.2) is 0 Å². The highest BCUT2D eigenvalue weighted by atomic mass is 16.5. The van der Waals surface area contributed by atoms with Crippen molar-refractivity contribution in [2.45, 2.75) is 13.0 Å². The van der Waals surface area contributed by atoms with Crippen LogP contribution in [0, 0.1) is 0 Å². The number of hydrogen-bond acceptors (Lipinski definition) is 5. The molecule has 33 heavy (non-hydrogen) atoms. The average Bonchev–Trinajstić information content (AvgIpc) is 3.29. The summed E-state index contributed by atoms with van der Waals surface area (Å²) < 4.78 is 22.4. The fourth-order valence-corrected chi connectivity index (χ4v) is 4.27. The molecule has 168 valence electrons. The lowest BCUT2D eigenvalue weighted by Crippen LogP contribution is -2.38. The SMILES string of the molecule is COc1cc2c(cc1OC)CN(C(=O)COc1ccc3occ(-c4ccccc4)c3c1)CC2. The van der Waals surface area contributed by atoms with E-state index in [0.29, 0.717) is 30.3 Å². The lowest BCUT2D eigenvalue weighted by molar-refractivity contribution is -0.134. The Labute approximate surface area is 192 Å². The number of nitrogens with zero attached hydrogens (tertiary/aromatic N) is 1. The predicted molar refractivity (Wildman–Crippen MR) is 126 cm³/mol. The molecule has 0 saturated carbocycles. The number of ether oxygens (including phenoxy) is 3. The van der Waals surface area contributed by atoms with Gasteiger partial charge in [-0.2, -0.15) is 0 Å². The van der Waals surface area contributed by atoms with Crippen LogP contribution < -0.4 is 14.2 Å². The first-order valence-electron chi connectivity index (χ1n) is 10.9. The average molecular weight is 443 g/mol. The predicted octanol–water partition coefficient (Wildman–Crippen LogP) is 5.08. The van der Waals surface area contributed by atoms with Crippen LogP contribution in [0.5, 0.6) is 17.2 Å². The van der Waals surface area contributed by atoms with Crippen molar-refractivity contribution >= 4 is 16.9 Å². The van der Waals surface area contributed by atoms with Crippen LogP contribution in [0.25, 0.3) is 22.1 Å². The summed E-state index contributed by atoms with van der Waals surface area (Å²) in [7, 11) is 3.24. The topological polar surface area (TPSA) is 61.1 Å². The molecule has 0 fully saturated rings. The summed E-state index contributed by atoms with van der Waals surface area (Å²) in [6.07, 6.45) is 2.52. The second-order valence-electron chi connectivity index (χ2n) is 8.00. The van der Waals surface area contributed by atoms with E-state index in [1.165, 1.54) is 5.56 Å². The quantitative estimate of drug-likeness (QED) is 0.416. The second-order valence-corrected chi connectivity index (χ2v) is 8.00. The van der Waals surface area contributed by atoms with E-state index in [0.717, 1.165) is 34.1 Å². The van der Waals surface area contributed by atoms with Crippen molar-refractivity contribution in [1.29, 1.82) is 0 Å². The number of hydrogen-bond donors (Lipinski definition) is 0. The smallest absolute Gasteiger partial charge is 0.260 e. The molecule has 6 nitrogen and oxygen atoms in total. The first-order valence-corrected chi connectivity index (χ1v) is 10.9. The highest BCUT2D eigenvalue weighted by Crippen LogP contribution is 2.34. The largest absolute Gasteiger partial charge is 0.493 e. The second kappa shape index (κ2) is 8.90. The lowest BCUT2D eigenvalue weighted by atomic mass is 9.99. The van der Waals surface area contributed by atoms with Crippen molar-refractivity contribution in [3.63, 3.8) is 0 Å². The van der Waals surface area contributed by atoms with E-state index in [-0.39, 0.29) is 12.5 Å². The Morgan fingerprint density at radius 3 is 2.48 bits per heavy atom. The van der Waals surface area contributed by atoms with Gasteiger partial charge in [-0.3, -0.25) is 4.79 Å². The molecule has 0 unspecified atom stereocenters. The van der Waals surface area contributed by atoms with E-state index >= 15 is 0 Å². The summed E-state index contributed by atoms with van der Waals surface area (Å²) in [5.74, 6) is 1.97. The Morgan fingerprint density at radius 1 is 0.970 bits per heavy atom. The number of furan rings is 1. The first kappa shape index (κ1) is 20.9. The Bertz CT molecular complexity index is 1290. The first-order chi connectivity index (χ1) is 16.2. The van der Waals surface area contributed by atoms with E-state index in [2.05, 4.69) is 0 Å².